The molecule has 3 nitrogen and oxygen atoms in total. The van der Waals surface area contributed by atoms with Crippen molar-refractivity contribution in [3.05, 3.63) is 0 Å². The molecule has 0 aromatic rings. The zero-order chi connectivity index (χ0) is 7.78. The Morgan fingerprint density at radius 1 is 1.50 bits per heavy atom. The number of carbonyl (C=O) groups excluding carboxylic acids is 1. The lowest BCUT2D eigenvalue weighted by molar-refractivity contribution is -0.141. The van der Waals surface area contributed by atoms with E-state index in [4.69, 9.17) is 5.11 Å². The topological polar surface area (TPSA) is 54.4 Å². The molecule has 0 radical (unpaired) electrons. The first-order valence-electron chi connectivity index (χ1n) is 3.30. The molecule has 0 amide bonds. The van der Waals surface area contributed by atoms with Crippen molar-refractivity contribution in [1.82, 2.24) is 0 Å². The standard InChI is InChI=1S/C7H10O3/c1-7(2-3-7)5(8)4-6(9)10/h2-4H2,1H3,(H,9,10). The van der Waals surface area contributed by atoms with Gasteiger partial charge in [0.25, 0.3) is 0 Å². The van der Waals surface area contributed by atoms with Gasteiger partial charge in [-0.3, -0.25) is 9.59 Å². The van der Waals surface area contributed by atoms with Crippen LogP contribution in [0.2, 0.25) is 0 Å². The molecule has 1 saturated carbocycles. The van der Waals surface area contributed by atoms with E-state index in [0.29, 0.717) is 0 Å². The molecule has 1 N–H and O–H groups in total. The average molecular weight is 142 g/mol. The second kappa shape index (κ2) is 2.08. The number of hydrogen-bond donors (Lipinski definition) is 1. The molecule has 10 heavy (non-hydrogen) atoms. The van der Waals surface area contributed by atoms with Gasteiger partial charge in [0.2, 0.25) is 0 Å². The maximum atomic E-state index is 11.0. The first-order chi connectivity index (χ1) is 4.54. The van der Waals surface area contributed by atoms with Crippen LogP contribution in [0.1, 0.15) is 26.2 Å². The Morgan fingerprint density at radius 2 is 2.00 bits per heavy atom. The molecule has 0 aliphatic heterocycles. The van der Waals surface area contributed by atoms with E-state index >= 15 is 0 Å². The van der Waals surface area contributed by atoms with Crippen molar-refractivity contribution in [3.63, 3.8) is 0 Å². The highest BCUT2D eigenvalue weighted by Gasteiger charge is 2.44. The number of hydrogen-bond acceptors (Lipinski definition) is 2. The van der Waals surface area contributed by atoms with Gasteiger partial charge >= 0.3 is 5.97 Å². The van der Waals surface area contributed by atoms with E-state index in [0.717, 1.165) is 12.8 Å². The van der Waals surface area contributed by atoms with Crippen molar-refractivity contribution < 1.29 is 14.7 Å². The number of rotatable bonds is 3. The predicted octanol–water partition coefficient (Wildman–Crippen LogP) is 0.830. The van der Waals surface area contributed by atoms with E-state index in [9.17, 15) is 9.59 Å². The van der Waals surface area contributed by atoms with Crippen molar-refractivity contribution in [3.8, 4) is 0 Å². The number of ketones is 1. The largest absolute Gasteiger partial charge is 0.481 e. The van der Waals surface area contributed by atoms with Gasteiger partial charge in [-0.2, -0.15) is 0 Å². The summed E-state index contributed by atoms with van der Waals surface area (Å²) in [4.78, 5) is 21.0. The highest BCUT2D eigenvalue weighted by atomic mass is 16.4. The summed E-state index contributed by atoms with van der Waals surface area (Å²) in [6, 6.07) is 0. The van der Waals surface area contributed by atoms with Crippen LogP contribution in [0, 0.1) is 5.41 Å². The van der Waals surface area contributed by atoms with Gasteiger partial charge in [0.1, 0.15) is 12.2 Å². The lowest BCUT2D eigenvalue weighted by atomic mass is 10.0. The molecule has 0 atom stereocenters. The van der Waals surface area contributed by atoms with Crippen molar-refractivity contribution in [2.75, 3.05) is 0 Å². The van der Waals surface area contributed by atoms with Crippen LogP contribution in [-0.2, 0) is 9.59 Å². The summed E-state index contributed by atoms with van der Waals surface area (Å²) in [7, 11) is 0. The van der Waals surface area contributed by atoms with Crippen LogP contribution in [0.3, 0.4) is 0 Å². The Kier molecular flexibility index (Phi) is 1.50. The van der Waals surface area contributed by atoms with Crippen molar-refractivity contribution in [1.29, 1.82) is 0 Å². The second-order valence-corrected chi connectivity index (χ2v) is 3.05. The lowest BCUT2D eigenvalue weighted by Gasteiger charge is -2.01. The first-order valence-corrected chi connectivity index (χ1v) is 3.30. The Labute approximate surface area is 59.0 Å². The van der Waals surface area contributed by atoms with E-state index in [-0.39, 0.29) is 17.6 Å². The molecule has 1 fully saturated rings. The Bertz CT molecular complexity index is 179. The Hall–Kier alpha value is -0.860. The van der Waals surface area contributed by atoms with E-state index in [1.807, 2.05) is 6.92 Å². The van der Waals surface area contributed by atoms with Gasteiger partial charge in [-0.1, -0.05) is 6.92 Å². The fourth-order valence-electron chi connectivity index (χ4n) is 0.817. The molecular formula is C7H10O3. The minimum Gasteiger partial charge on any atom is -0.481 e. The van der Waals surface area contributed by atoms with Crippen LogP contribution >= 0.6 is 0 Å². The Morgan fingerprint density at radius 3 is 2.30 bits per heavy atom. The Balaban J connectivity index is 2.43. The molecule has 1 aliphatic rings. The van der Waals surface area contributed by atoms with E-state index in [2.05, 4.69) is 0 Å². The average Bonchev–Trinajstić information content (AvgIpc) is 2.47. The molecule has 1 rings (SSSR count). The van der Waals surface area contributed by atoms with E-state index < -0.39 is 5.97 Å². The van der Waals surface area contributed by atoms with Crippen LogP contribution in [0.25, 0.3) is 0 Å². The minimum absolute atomic E-state index is 0.125. The normalized spacial score (nSPS) is 20.1. The van der Waals surface area contributed by atoms with Crippen molar-refractivity contribution >= 4 is 11.8 Å². The summed E-state index contributed by atoms with van der Waals surface area (Å²) in [5.74, 6) is -1.14. The summed E-state index contributed by atoms with van der Waals surface area (Å²) < 4.78 is 0. The highest BCUT2D eigenvalue weighted by molar-refractivity contribution is 5.99. The number of carboxylic acid groups (broad SMARTS) is 1. The molecule has 1 aliphatic carbocycles. The van der Waals surface area contributed by atoms with Crippen LogP contribution < -0.4 is 0 Å². The maximum absolute atomic E-state index is 11.0. The zero-order valence-electron chi connectivity index (χ0n) is 5.89. The van der Waals surface area contributed by atoms with E-state index in [1.165, 1.54) is 0 Å². The number of aliphatic carboxylic acids is 1. The van der Waals surface area contributed by atoms with E-state index in [1.54, 1.807) is 0 Å². The summed E-state index contributed by atoms with van der Waals surface area (Å²) in [6.45, 7) is 1.82. The van der Waals surface area contributed by atoms with Gasteiger partial charge in [-0.25, -0.2) is 0 Å². The monoisotopic (exact) mass is 142 g/mol. The van der Waals surface area contributed by atoms with Crippen LogP contribution in [-0.4, -0.2) is 16.9 Å². The summed E-state index contributed by atoms with van der Waals surface area (Å²) in [5, 5.41) is 8.25. The SMILES string of the molecule is CC1(C(=O)CC(=O)O)CC1. The van der Waals surface area contributed by atoms with Gasteiger partial charge in [0.15, 0.2) is 0 Å². The zero-order valence-corrected chi connectivity index (χ0v) is 5.89. The van der Waals surface area contributed by atoms with Gasteiger partial charge in [-0.05, 0) is 12.8 Å². The number of carbonyl (C=O) groups is 2. The summed E-state index contributed by atoms with van der Waals surface area (Å²) >= 11 is 0. The second-order valence-electron chi connectivity index (χ2n) is 3.05. The van der Waals surface area contributed by atoms with Crippen molar-refractivity contribution in [2.45, 2.75) is 26.2 Å². The van der Waals surface area contributed by atoms with Gasteiger partial charge in [0.05, 0.1) is 0 Å². The lowest BCUT2D eigenvalue weighted by Crippen LogP contribution is -2.15. The number of carboxylic acids is 1. The fraction of sp³-hybridized carbons (Fsp3) is 0.714. The van der Waals surface area contributed by atoms with Crippen molar-refractivity contribution in [2.24, 2.45) is 5.41 Å². The van der Waals surface area contributed by atoms with Crippen LogP contribution in [0.4, 0.5) is 0 Å². The van der Waals surface area contributed by atoms with Crippen LogP contribution in [0.15, 0.2) is 0 Å². The quantitative estimate of drug-likeness (QED) is 0.594. The summed E-state index contributed by atoms with van der Waals surface area (Å²) in [5.41, 5.74) is -0.279. The minimum atomic E-state index is -1.02. The third-order valence-electron chi connectivity index (χ3n) is 1.98. The summed E-state index contributed by atoms with van der Waals surface area (Å²) in [6.07, 6.45) is 1.41. The van der Waals surface area contributed by atoms with Gasteiger partial charge < -0.3 is 5.11 Å². The molecule has 56 valence electrons. The molecule has 0 spiro atoms. The molecule has 0 aromatic heterocycles. The third-order valence-corrected chi connectivity index (χ3v) is 1.98. The predicted molar refractivity (Wildman–Crippen MR) is 34.6 cm³/mol. The molecule has 0 saturated heterocycles. The third kappa shape index (κ3) is 1.35. The van der Waals surface area contributed by atoms with Gasteiger partial charge in [0, 0.05) is 5.41 Å². The molecule has 0 bridgehead atoms. The molecule has 0 heterocycles. The smallest absolute Gasteiger partial charge is 0.310 e. The van der Waals surface area contributed by atoms with Crippen LogP contribution in [0.5, 0.6) is 0 Å². The molecule has 0 unspecified atom stereocenters. The fourth-order valence-corrected chi connectivity index (χ4v) is 0.817. The molecule has 0 aromatic carbocycles. The maximum Gasteiger partial charge on any atom is 0.310 e. The highest BCUT2D eigenvalue weighted by Crippen LogP contribution is 2.46. The molecular weight excluding hydrogens is 132 g/mol. The first kappa shape index (κ1) is 7.25. The molecule has 3 heteroatoms. The number of Topliss-reactive ketones (excluding diaryl/α,β-unsaturated/α-hetero) is 1. The van der Waals surface area contributed by atoms with Gasteiger partial charge in [-0.15, -0.1) is 0 Å².